The molecule has 0 spiro atoms. The van der Waals surface area contributed by atoms with Gasteiger partial charge in [0.05, 0.1) is 12.8 Å². The van der Waals surface area contributed by atoms with Gasteiger partial charge in [-0.1, -0.05) is 6.07 Å². The fourth-order valence-electron chi connectivity index (χ4n) is 3.71. The van der Waals surface area contributed by atoms with E-state index in [2.05, 4.69) is 29.9 Å². The van der Waals surface area contributed by atoms with Crippen molar-refractivity contribution in [3.05, 3.63) is 71.6 Å². The van der Waals surface area contributed by atoms with Crippen molar-refractivity contribution in [1.29, 1.82) is 0 Å². The molecule has 37 heavy (non-hydrogen) atoms. The van der Waals surface area contributed by atoms with Crippen molar-refractivity contribution >= 4 is 16.0 Å². The Morgan fingerprint density at radius 2 is 1.78 bits per heavy atom. The lowest BCUT2D eigenvalue weighted by Gasteiger charge is -2.22. The molecule has 3 heterocycles. The molecule has 4 aromatic rings. The lowest BCUT2D eigenvalue weighted by atomic mass is 10.2. The molecule has 0 aliphatic carbocycles. The van der Waals surface area contributed by atoms with Crippen molar-refractivity contribution in [1.82, 2.24) is 29.7 Å². The number of pyridine rings is 1. The number of ether oxygens (including phenoxy) is 2. The number of aryl methyl sites for hydroxylation is 2. The number of anilines is 1. The van der Waals surface area contributed by atoms with E-state index in [4.69, 9.17) is 9.47 Å². The summed E-state index contributed by atoms with van der Waals surface area (Å²) in [6.07, 6.45) is 2.21. The summed E-state index contributed by atoms with van der Waals surface area (Å²) in [7, 11) is -1.25. The highest BCUT2D eigenvalue weighted by molar-refractivity contribution is 7.93. The molecule has 0 aliphatic rings. The number of methoxy groups -OCH3 is 2. The van der Waals surface area contributed by atoms with Crippen LogP contribution in [0.2, 0.25) is 0 Å². The van der Waals surface area contributed by atoms with Crippen LogP contribution >= 0.6 is 0 Å². The highest BCUT2D eigenvalue weighted by atomic mass is 32.2. The van der Waals surface area contributed by atoms with Crippen LogP contribution in [0.1, 0.15) is 30.0 Å². The predicted molar refractivity (Wildman–Crippen MR) is 134 cm³/mol. The van der Waals surface area contributed by atoms with E-state index in [1.165, 1.54) is 43.9 Å². The van der Waals surface area contributed by atoms with Crippen LogP contribution in [-0.2, 0) is 14.8 Å². The van der Waals surface area contributed by atoms with Crippen molar-refractivity contribution in [2.45, 2.75) is 32.1 Å². The summed E-state index contributed by atoms with van der Waals surface area (Å²) in [5.74, 6) is 0.236. The molecule has 0 fully saturated rings. The molecule has 13 heteroatoms. The summed E-state index contributed by atoms with van der Waals surface area (Å²) in [6.45, 7) is 5.00. The minimum Gasteiger partial charge on any atom is -0.481 e. The van der Waals surface area contributed by atoms with Crippen LogP contribution in [0, 0.1) is 19.7 Å². The Kier molecular flexibility index (Phi) is 7.45. The third-order valence-corrected chi connectivity index (χ3v) is 7.38. The molecule has 1 aromatic carbocycles. The first kappa shape index (κ1) is 26.1. The molecule has 0 amide bonds. The molecule has 1 N–H and O–H groups in total. The van der Waals surface area contributed by atoms with Gasteiger partial charge < -0.3 is 9.47 Å². The molecule has 194 valence electrons. The number of benzene rings is 1. The van der Waals surface area contributed by atoms with Crippen LogP contribution in [0.5, 0.6) is 5.88 Å². The zero-order valence-electron chi connectivity index (χ0n) is 20.9. The van der Waals surface area contributed by atoms with Gasteiger partial charge in [0, 0.05) is 25.6 Å². The number of hydrogen-bond acceptors (Lipinski definition) is 9. The molecule has 0 saturated carbocycles. The zero-order valence-corrected chi connectivity index (χ0v) is 21.7. The second-order valence-electron chi connectivity index (χ2n) is 8.31. The van der Waals surface area contributed by atoms with E-state index in [1.807, 2.05) is 6.92 Å². The Morgan fingerprint density at radius 1 is 1.05 bits per heavy atom. The number of hydrogen-bond donors (Lipinski definition) is 1. The maximum Gasteiger partial charge on any atom is 0.243 e. The summed E-state index contributed by atoms with van der Waals surface area (Å²) in [6, 6.07) is 9.16. The van der Waals surface area contributed by atoms with Gasteiger partial charge in [0.25, 0.3) is 0 Å². The van der Waals surface area contributed by atoms with Gasteiger partial charge in [0.1, 0.15) is 22.9 Å². The Bertz CT molecular complexity index is 1510. The van der Waals surface area contributed by atoms with Gasteiger partial charge in [-0.2, -0.15) is 0 Å². The average Bonchev–Trinajstić information content (AvgIpc) is 3.28. The summed E-state index contributed by atoms with van der Waals surface area (Å²) in [4.78, 5) is 12.8. The molecule has 0 aliphatic heterocycles. The number of sulfonamides is 1. The quantitative estimate of drug-likeness (QED) is 0.347. The fourth-order valence-corrected chi connectivity index (χ4v) is 4.84. The largest absolute Gasteiger partial charge is 0.481 e. The molecule has 11 nitrogen and oxygen atoms in total. The standard InChI is InChI=1S/C24H26FN7O4S/c1-14-12-26-22(27-13-14)21(36-5)16(3)37(33,34)31-24-30-29-23(18-7-6-8-20(28-18)35-4)32(24)19-10-9-17(25)11-15(19)2/h6-13,16,21H,1-5H3,(H,30,31)/t16-,21-/m0/s1. The Balaban J connectivity index is 1.79. The average molecular weight is 528 g/mol. The smallest absolute Gasteiger partial charge is 0.243 e. The third-order valence-electron chi connectivity index (χ3n) is 5.68. The Labute approximate surface area is 213 Å². The lowest BCUT2D eigenvalue weighted by Crippen LogP contribution is -2.33. The Hall–Kier alpha value is -3.97. The number of nitrogens with one attached hydrogen (secondary N) is 1. The van der Waals surface area contributed by atoms with Crippen LogP contribution in [0.15, 0.2) is 48.8 Å². The van der Waals surface area contributed by atoms with Crippen LogP contribution in [-0.4, -0.2) is 57.6 Å². The molecular formula is C24H26FN7O4S. The first-order chi connectivity index (χ1) is 17.6. The number of nitrogens with zero attached hydrogens (tertiary/aromatic N) is 6. The van der Waals surface area contributed by atoms with Crippen molar-refractivity contribution in [2.75, 3.05) is 18.9 Å². The maximum atomic E-state index is 13.9. The van der Waals surface area contributed by atoms with Crippen LogP contribution in [0.25, 0.3) is 17.2 Å². The zero-order chi connectivity index (χ0) is 26.7. The molecule has 4 rings (SSSR count). The Morgan fingerprint density at radius 3 is 2.43 bits per heavy atom. The van der Waals surface area contributed by atoms with E-state index in [0.29, 0.717) is 22.8 Å². The highest BCUT2D eigenvalue weighted by Gasteiger charge is 2.34. The van der Waals surface area contributed by atoms with Gasteiger partial charge in [-0.3, -0.25) is 9.29 Å². The third kappa shape index (κ3) is 5.42. The van der Waals surface area contributed by atoms with Gasteiger partial charge in [0.2, 0.25) is 21.9 Å². The van der Waals surface area contributed by atoms with Gasteiger partial charge in [-0.15, -0.1) is 10.2 Å². The van der Waals surface area contributed by atoms with E-state index in [9.17, 15) is 12.8 Å². The monoisotopic (exact) mass is 527 g/mol. The molecule has 0 unspecified atom stereocenters. The van der Waals surface area contributed by atoms with E-state index in [-0.39, 0.29) is 17.6 Å². The summed E-state index contributed by atoms with van der Waals surface area (Å²) in [5.41, 5.74) is 2.19. The first-order valence-electron chi connectivity index (χ1n) is 11.2. The van der Waals surface area contributed by atoms with Gasteiger partial charge >= 0.3 is 0 Å². The second kappa shape index (κ2) is 10.6. The van der Waals surface area contributed by atoms with E-state index >= 15 is 0 Å². The predicted octanol–water partition coefficient (Wildman–Crippen LogP) is 3.40. The van der Waals surface area contributed by atoms with Crippen molar-refractivity contribution in [3.63, 3.8) is 0 Å². The van der Waals surface area contributed by atoms with E-state index in [1.54, 1.807) is 37.5 Å². The summed E-state index contributed by atoms with van der Waals surface area (Å²) < 4.78 is 55.5. The van der Waals surface area contributed by atoms with E-state index in [0.717, 1.165) is 5.56 Å². The molecule has 0 radical (unpaired) electrons. The molecule has 0 bridgehead atoms. The molecular weight excluding hydrogens is 501 g/mol. The van der Waals surface area contributed by atoms with Gasteiger partial charge in [0.15, 0.2) is 11.6 Å². The number of rotatable bonds is 9. The first-order valence-corrected chi connectivity index (χ1v) is 12.8. The minimum absolute atomic E-state index is 0.110. The van der Waals surface area contributed by atoms with Crippen LogP contribution in [0.4, 0.5) is 10.3 Å². The van der Waals surface area contributed by atoms with Crippen LogP contribution < -0.4 is 9.46 Å². The molecule has 2 atom stereocenters. The molecule has 0 saturated heterocycles. The van der Waals surface area contributed by atoms with Gasteiger partial charge in [-0.05, 0) is 56.2 Å². The highest BCUT2D eigenvalue weighted by Crippen LogP contribution is 2.30. The van der Waals surface area contributed by atoms with Crippen LogP contribution in [0.3, 0.4) is 0 Å². The maximum absolute atomic E-state index is 13.9. The SMILES string of the molecule is COc1cccc(-c2nnc(NS(=O)(=O)[C@@H](C)[C@H](OC)c3ncc(C)cn3)n2-c2ccc(F)cc2C)n1. The minimum atomic E-state index is -4.11. The van der Waals surface area contributed by atoms with E-state index < -0.39 is 27.2 Å². The normalized spacial score (nSPS) is 13.2. The van der Waals surface area contributed by atoms with Crippen molar-refractivity contribution in [3.8, 4) is 23.1 Å². The van der Waals surface area contributed by atoms with Crippen molar-refractivity contribution < 1.29 is 22.3 Å². The van der Waals surface area contributed by atoms with Crippen molar-refractivity contribution in [2.24, 2.45) is 0 Å². The number of halogens is 1. The summed E-state index contributed by atoms with van der Waals surface area (Å²) in [5, 5.41) is 7.18. The summed E-state index contributed by atoms with van der Waals surface area (Å²) >= 11 is 0. The van der Waals surface area contributed by atoms with Gasteiger partial charge in [-0.25, -0.2) is 27.8 Å². The lowest BCUT2D eigenvalue weighted by molar-refractivity contribution is 0.0949. The number of aromatic nitrogens is 6. The molecule has 3 aromatic heterocycles. The fraction of sp³-hybridized carbons (Fsp3) is 0.292. The topological polar surface area (TPSA) is 134 Å². The second-order valence-corrected chi connectivity index (χ2v) is 10.3.